The fourth-order valence-electron chi connectivity index (χ4n) is 3.10. The van der Waals surface area contributed by atoms with Gasteiger partial charge in [-0.1, -0.05) is 18.2 Å². The second-order valence-electron chi connectivity index (χ2n) is 6.65. The molecule has 0 unspecified atom stereocenters. The molecule has 2 aromatic carbocycles. The summed E-state index contributed by atoms with van der Waals surface area (Å²) in [5.74, 6) is -0.464. The van der Waals surface area contributed by atoms with Gasteiger partial charge in [0.15, 0.2) is 5.78 Å². The zero-order valence-corrected chi connectivity index (χ0v) is 15.2. The minimum atomic E-state index is -0.611. The number of H-pyrrole nitrogens is 1. The predicted octanol–water partition coefficient (Wildman–Crippen LogP) is 3.69. The van der Waals surface area contributed by atoms with E-state index in [2.05, 4.69) is 20.3 Å². The quantitative estimate of drug-likeness (QED) is 0.724. The largest absolute Gasteiger partial charge is 0.447 e. The molecule has 1 amide bonds. The molecule has 28 heavy (non-hydrogen) atoms. The maximum absolute atomic E-state index is 14.4. The van der Waals surface area contributed by atoms with Gasteiger partial charge in [-0.25, -0.2) is 14.2 Å². The van der Waals surface area contributed by atoms with Crippen LogP contribution in [0.2, 0.25) is 0 Å². The van der Waals surface area contributed by atoms with Gasteiger partial charge in [-0.3, -0.25) is 15.1 Å². The number of imidazole rings is 1. The van der Waals surface area contributed by atoms with Crippen molar-refractivity contribution in [1.82, 2.24) is 9.97 Å². The predicted molar refractivity (Wildman–Crippen MR) is 103 cm³/mol. The molecule has 0 saturated heterocycles. The number of aliphatic imine (C=N–C) groups is 1. The summed E-state index contributed by atoms with van der Waals surface area (Å²) in [5, 5.41) is 2.53. The minimum Gasteiger partial charge on any atom is -0.447 e. The minimum absolute atomic E-state index is 0.0271. The molecule has 2 heterocycles. The van der Waals surface area contributed by atoms with Gasteiger partial charge < -0.3 is 9.72 Å². The number of ketones is 1. The van der Waals surface area contributed by atoms with Crippen LogP contribution in [0.15, 0.2) is 41.4 Å². The van der Waals surface area contributed by atoms with E-state index in [0.29, 0.717) is 27.9 Å². The highest BCUT2D eigenvalue weighted by molar-refractivity contribution is 6.22. The first kappa shape index (κ1) is 17.8. The van der Waals surface area contributed by atoms with Crippen LogP contribution in [0.5, 0.6) is 0 Å². The third-order valence-corrected chi connectivity index (χ3v) is 4.25. The number of amides is 1. The molecule has 8 heteroatoms. The summed E-state index contributed by atoms with van der Waals surface area (Å²) in [4.78, 5) is 35.4. The monoisotopic (exact) mass is 380 g/mol. The summed E-state index contributed by atoms with van der Waals surface area (Å²) in [7, 11) is 0. The van der Waals surface area contributed by atoms with Gasteiger partial charge in [0.1, 0.15) is 12.4 Å². The second-order valence-corrected chi connectivity index (χ2v) is 6.65. The summed E-state index contributed by atoms with van der Waals surface area (Å²) < 4.78 is 19.5. The molecule has 0 bridgehead atoms. The van der Waals surface area contributed by atoms with Crippen molar-refractivity contribution in [3.8, 4) is 0 Å². The molecule has 4 rings (SSSR count). The van der Waals surface area contributed by atoms with Crippen molar-refractivity contribution in [2.24, 2.45) is 4.99 Å². The van der Waals surface area contributed by atoms with Crippen LogP contribution in [0.25, 0.3) is 11.0 Å². The van der Waals surface area contributed by atoms with Crippen molar-refractivity contribution in [3.63, 3.8) is 0 Å². The van der Waals surface area contributed by atoms with Crippen LogP contribution < -0.4 is 5.32 Å². The number of nitrogens with zero attached hydrogens (tertiary/aromatic N) is 2. The number of fused-ring (bicyclic) bond motifs is 2. The number of carbonyl (C=O) groups excluding carboxylic acids is 2. The molecule has 0 saturated carbocycles. The fourth-order valence-corrected chi connectivity index (χ4v) is 3.10. The van der Waals surface area contributed by atoms with Crippen LogP contribution in [0.1, 0.15) is 35.3 Å². The molecule has 1 aromatic heterocycles. The Morgan fingerprint density at radius 1 is 1.29 bits per heavy atom. The summed E-state index contributed by atoms with van der Waals surface area (Å²) >= 11 is 0. The van der Waals surface area contributed by atoms with Gasteiger partial charge >= 0.3 is 6.09 Å². The number of aromatic nitrogens is 2. The highest BCUT2D eigenvalue weighted by Gasteiger charge is 2.25. The van der Waals surface area contributed by atoms with Gasteiger partial charge in [-0.2, -0.15) is 0 Å². The Balaban J connectivity index is 1.70. The van der Waals surface area contributed by atoms with E-state index in [1.54, 1.807) is 38.1 Å². The molecule has 0 radical (unpaired) electrons. The lowest BCUT2D eigenvalue weighted by atomic mass is 9.92. The van der Waals surface area contributed by atoms with Crippen molar-refractivity contribution in [3.05, 3.63) is 58.9 Å². The number of rotatable bonds is 3. The van der Waals surface area contributed by atoms with Crippen LogP contribution in [0, 0.1) is 5.82 Å². The lowest BCUT2D eigenvalue weighted by Crippen LogP contribution is -2.21. The third kappa shape index (κ3) is 3.24. The molecule has 0 atom stereocenters. The highest BCUT2D eigenvalue weighted by atomic mass is 19.1. The van der Waals surface area contributed by atoms with Gasteiger partial charge in [-0.15, -0.1) is 0 Å². The number of carbonyl (C=O) groups is 2. The van der Waals surface area contributed by atoms with E-state index in [1.807, 2.05) is 0 Å². The topological polar surface area (TPSA) is 96.4 Å². The molecule has 0 aliphatic carbocycles. The zero-order valence-electron chi connectivity index (χ0n) is 15.2. The fraction of sp³-hybridized carbons (Fsp3) is 0.200. The Bertz CT molecular complexity index is 1130. The summed E-state index contributed by atoms with van der Waals surface area (Å²) in [5.41, 5.74) is 2.84. The molecular formula is C20H17FN4O3. The molecule has 7 nitrogen and oxygen atoms in total. The van der Waals surface area contributed by atoms with Crippen LogP contribution in [0.4, 0.5) is 15.1 Å². The molecule has 3 aromatic rings. The van der Waals surface area contributed by atoms with Crippen LogP contribution in [0.3, 0.4) is 0 Å². The SMILES string of the molecule is CC(C)OC(=O)Nc1nc2ccc(C3=NCC(=O)c4cccc(F)c43)cc2[nH]1. The lowest BCUT2D eigenvalue weighted by molar-refractivity contribution is 0.0999. The van der Waals surface area contributed by atoms with E-state index in [1.165, 1.54) is 12.1 Å². The van der Waals surface area contributed by atoms with E-state index < -0.39 is 11.9 Å². The van der Waals surface area contributed by atoms with E-state index in [0.717, 1.165) is 0 Å². The maximum atomic E-state index is 14.4. The average Bonchev–Trinajstić information content (AvgIpc) is 3.03. The van der Waals surface area contributed by atoms with Gasteiger partial charge in [0.25, 0.3) is 0 Å². The van der Waals surface area contributed by atoms with E-state index in [4.69, 9.17) is 4.74 Å². The number of aromatic amines is 1. The number of Topliss-reactive ketones (excluding diaryl/α,β-unsaturated/α-hetero) is 1. The standard InChI is InChI=1S/C20H17FN4O3/c1-10(2)28-20(27)25-19-23-14-7-6-11(8-15(14)24-19)18-17-12(16(26)9-22-18)4-3-5-13(17)21/h3-8,10H,9H2,1-2H3,(H2,23,24,25,27). The normalized spacial score (nSPS) is 13.4. The average molecular weight is 380 g/mol. The zero-order chi connectivity index (χ0) is 19.8. The van der Waals surface area contributed by atoms with E-state index >= 15 is 0 Å². The molecule has 2 N–H and O–H groups in total. The van der Waals surface area contributed by atoms with Crippen LogP contribution in [-0.4, -0.2) is 40.2 Å². The van der Waals surface area contributed by atoms with Crippen molar-refractivity contribution < 1.29 is 18.7 Å². The number of benzene rings is 2. The molecule has 0 fully saturated rings. The van der Waals surface area contributed by atoms with Crippen LogP contribution >= 0.6 is 0 Å². The van der Waals surface area contributed by atoms with Gasteiger partial charge in [0.05, 0.1) is 22.8 Å². The molecule has 1 aliphatic heterocycles. The smallest absolute Gasteiger partial charge is 0.414 e. The van der Waals surface area contributed by atoms with Crippen molar-refractivity contribution in [1.29, 1.82) is 0 Å². The molecular weight excluding hydrogens is 363 g/mol. The van der Waals surface area contributed by atoms with E-state index in [9.17, 15) is 14.0 Å². The van der Waals surface area contributed by atoms with Crippen molar-refractivity contribution >= 4 is 34.6 Å². The molecule has 142 valence electrons. The van der Waals surface area contributed by atoms with Gasteiger partial charge in [0.2, 0.25) is 5.95 Å². The summed E-state index contributed by atoms with van der Waals surface area (Å²) in [6.45, 7) is 3.47. The number of halogens is 1. The Hall–Kier alpha value is -3.55. The molecule has 1 aliphatic rings. The van der Waals surface area contributed by atoms with Crippen molar-refractivity contribution in [2.45, 2.75) is 20.0 Å². The van der Waals surface area contributed by atoms with Gasteiger partial charge in [-0.05, 0) is 32.0 Å². The number of anilines is 1. The molecule has 0 spiro atoms. The first-order chi connectivity index (χ1) is 13.4. The number of ether oxygens (including phenoxy) is 1. The number of nitrogens with one attached hydrogen (secondary N) is 2. The first-order valence-corrected chi connectivity index (χ1v) is 8.76. The Morgan fingerprint density at radius 3 is 2.89 bits per heavy atom. The Morgan fingerprint density at radius 2 is 2.11 bits per heavy atom. The van der Waals surface area contributed by atoms with Gasteiger partial charge in [0, 0.05) is 16.7 Å². The third-order valence-electron chi connectivity index (χ3n) is 4.25. The number of hydrogen-bond acceptors (Lipinski definition) is 5. The van der Waals surface area contributed by atoms with Crippen molar-refractivity contribution in [2.75, 3.05) is 11.9 Å². The van der Waals surface area contributed by atoms with Crippen LogP contribution in [-0.2, 0) is 4.74 Å². The Kier molecular flexibility index (Phi) is 4.38. The summed E-state index contributed by atoms with van der Waals surface area (Å²) in [6, 6.07) is 9.67. The summed E-state index contributed by atoms with van der Waals surface area (Å²) in [6.07, 6.45) is -0.863. The second kappa shape index (κ2) is 6.88. The first-order valence-electron chi connectivity index (χ1n) is 8.76. The number of hydrogen-bond donors (Lipinski definition) is 2. The lowest BCUT2D eigenvalue weighted by Gasteiger charge is -2.17. The highest BCUT2D eigenvalue weighted by Crippen LogP contribution is 2.25. The maximum Gasteiger partial charge on any atom is 0.414 e. The van der Waals surface area contributed by atoms with E-state index in [-0.39, 0.29) is 29.9 Å². The Labute approximate surface area is 159 Å².